The molecule has 0 aromatic carbocycles. The molecule has 1 unspecified atom stereocenters. The Labute approximate surface area is 125 Å². The van der Waals surface area contributed by atoms with E-state index < -0.39 is 0 Å². The first kappa shape index (κ1) is 14.5. The van der Waals surface area contributed by atoms with Crippen molar-refractivity contribution in [2.75, 3.05) is 26.2 Å². The third-order valence-electron chi connectivity index (χ3n) is 3.27. The van der Waals surface area contributed by atoms with E-state index in [9.17, 15) is 9.59 Å². The highest BCUT2D eigenvalue weighted by atomic mass is 79.9. The van der Waals surface area contributed by atoms with Crippen LogP contribution < -0.4 is 0 Å². The summed E-state index contributed by atoms with van der Waals surface area (Å²) in [5, 5.41) is 3.77. The van der Waals surface area contributed by atoms with Gasteiger partial charge in [0.15, 0.2) is 0 Å². The van der Waals surface area contributed by atoms with Gasteiger partial charge in [0, 0.05) is 31.6 Å². The van der Waals surface area contributed by atoms with Crippen molar-refractivity contribution in [1.82, 2.24) is 9.80 Å². The molecule has 1 aliphatic rings. The van der Waals surface area contributed by atoms with Crippen molar-refractivity contribution < 1.29 is 9.59 Å². The maximum absolute atomic E-state index is 12.1. The first-order valence-electron chi connectivity index (χ1n) is 6.37. The minimum Gasteiger partial charge on any atom is -0.338 e. The van der Waals surface area contributed by atoms with Gasteiger partial charge in [0.1, 0.15) is 0 Å². The Morgan fingerprint density at radius 2 is 1.95 bits per heavy atom. The summed E-state index contributed by atoms with van der Waals surface area (Å²) >= 11 is 4.91. The molecule has 0 saturated carbocycles. The predicted octanol–water partition coefficient (Wildman–Crippen LogP) is 2.21. The molecule has 1 atom stereocenters. The first-order chi connectivity index (χ1) is 9.13. The summed E-state index contributed by atoms with van der Waals surface area (Å²) in [6.07, 6.45) is 0.785. The van der Waals surface area contributed by atoms with E-state index in [-0.39, 0.29) is 16.6 Å². The molecule has 0 aliphatic carbocycles. The van der Waals surface area contributed by atoms with Crippen molar-refractivity contribution in [3.8, 4) is 0 Å². The number of alkyl halides is 1. The van der Waals surface area contributed by atoms with Crippen LogP contribution in [0.4, 0.5) is 0 Å². The van der Waals surface area contributed by atoms with Crippen LogP contribution in [-0.2, 0) is 4.79 Å². The summed E-state index contributed by atoms with van der Waals surface area (Å²) < 4.78 is 0. The average Bonchev–Trinajstić information content (AvgIpc) is 2.99. The van der Waals surface area contributed by atoms with E-state index in [4.69, 9.17) is 0 Å². The fourth-order valence-electron chi connectivity index (χ4n) is 2.07. The molecule has 2 heterocycles. The van der Waals surface area contributed by atoms with E-state index in [1.54, 1.807) is 0 Å². The van der Waals surface area contributed by atoms with E-state index >= 15 is 0 Å². The SMILES string of the molecule is CCC(Br)C(=O)N1CCN(C(=O)c2ccsc2)CC1. The molecule has 104 valence electrons. The van der Waals surface area contributed by atoms with E-state index in [2.05, 4.69) is 15.9 Å². The maximum Gasteiger partial charge on any atom is 0.254 e. The number of amides is 2. The summed E-state index contributed by atoms with van der Waals surface area (Å²) in [4.78, 5) is 27.7. The fourth-order valence-corrected chi connectivity index (χ4v) is 2.99. The molecule has 1 aromatic heterocycles. The van der Waals surface area contributed by atoms with E-state index in [1.165, 1.54) is 11.3 Å². The molecule has 0 N–H and O–H groups in total. The van der Waals surface area contributed by atoms with Gasteiger partial charge in [0.25, 0.3) is 5.91 Å². The van der Waals surface area contributed by atoms with Crippen LogP contribution in [0.2, 0.25) is 0 Å². The Kier molecular flexibility index (Phi) is 4.99. The number of nitrogens with zero attached hydrogens (tertiary/aromatic N) is 2. The normalized spacial score (nSPS) is 17.4. The van der Waals surface area contributed by atoms with Gasteiger partial charge in [-0.1, -0.05) is 22.9 Å². The quantitative estimate of drug-likeness (QED) is 0.788. The van der Waals surface area contributed by atoms with E-state index in [0.717, 1.165) is 12.0 Å². The Bertz CT molecular complexity index is 442. The number of rotatable bonds is 3. The summed E-state index contributed by atoms with van der Waals surface area (Å²) in [5.41, 5.74) is 0.747. The van der Waals surface area contributed by atoms with Crippen molar-refractivity contribution in [1.29, 1.82) is 0 Å². The third kappa shape index (κ3) is 3.36. The molecule has 1 fully saturated rings. The zero-order valence-corrected chi connectivity index (χ0v) is 13.2. The van der Waals surface area contributed by atoms with Gasteiger partial charge in [0.05, 0.1) is 10.4 Å². The standard InChI is InChI=1S/C13H17BrN2O2S/c1-2-11(14)13(18)16-6-4-15(5-7-16)12(17)10-3-8-19-9-10/h3,8-9,11H,2,4-7H2,1H3. The van der Waals surface area contributed by atoms with Crippen LogP contribution >= 0.6 is 27.3 Å². The highest BCUT2D eigenvalue weighted by Crippen LogP contribution is 2.14. The van der Waals surface area contributed by atoms with Crippen LogP contribution in [0, 0.1) is 0 Å². The number of halogens is 1. The van der Waals surface area contributed by atoms with Gasteiger partial charge in [-0.2, -0.15) is 11.3 Å². The molecule has 4 nitrogen and oxygen atoms in total. The second kappa shape index (κ2) is 6.52. The first-order valence-corrected chi connectivity index (χ1v) is 8.23. The molecule has 2 amide bonds. The monoisotopic (exact) mass is 344 g/mol. The number of hydrogen-bond donors (Lipinski definition) is 0. The van der Waals surface area contributed by atoms with E-state index in [1.807, 2.05) is 33.6 Å². The molecule has 1 aromatic rings. The van der Waals surface area contributed by atoms with Crippen LogP contribution in [0.25, 0.3) is 0 Å². The van der Waals surface area contributed by atoms with E-state index in [0.29, 0.717) is 26.2 Å². The maximum atomic E-state index is 12.1. The highest BCUT2D eigenvalue weighted by Gasteiger charge is 2.27. The highest BCUT2D eigenvalue weighted by molar-refractivity contribution is 9.10. The number of thiophene rings is 1. The second-order valence-corrected chi connectivity index (χ2v) is 6.39. The zero-order chi connectivity index (χ0) is 13.8. The van der Waals surface area contributed by atoms with Crippen molar-refractivity contribution in [2.24, 2.45) is 0 Å². The van der Waals surface area contributed by atoms with Gasteiger partial charge in [-0.3, -0.25) is 9.59 Å². The number of hydrogen-bond acceptors (Lipinski definition) is 3. The lowest BCUT2D eigenvalue weighted by Crippen LogP contribution is -2.52. The Morgan fingerprint density at radius 1 is 1.32 bits per heavy atom. The molecule has 19 heavy (non-hydrogen) atoms. The van der Waals surface area contributed by atoms with Crippen molar-refractivity contribution in [3.63, 3.8) is 0 Å². The summed E-state index contributed by atoms with van der Waals surface area (Å²) in [6.45, 7) is 4.45. The molecular formula is C13H17BrN2O2S. The molecular weight excluding hydrogens is 328 g/mol. The Hall–Kier alpha value is -0.880. The molecule has 6 heteroatoms. The smallest absolute Gasteiger partial charge is 0.254 e. The van der Waals surface area contributed by atoms with Crippen LogP contribution in [0.15, 0.2) is 16.8 Å². The lowest BCUT2D eigenvalue weighted by molar-refractivity contribution is -0.131. The molecule has 0 bridgehead atoms. The summed E-state index contributed by atoms with van der Waals surface area (Å²) in [7, 11) is 0. The second-order valence-electron chi connectivity index (χ2n) is 4.51. The van der Waals surface area contributed by atoms with Crippen LogP contribution in [0.1, 0.15) is 23.7 Å². The van der Waals surface area contributed by atoms with Crippen molar-refractivity contribution in [3.05, 3.63) is 22.4 Å². The molecule has 1 saturated heterocycles. The topological polar surface area (TPSA) is 40.6 Å². The summed E-state index contributed by atoms with van der Waals surface area (Å²) in [6, 6.07) is 1.84. The van der Waals surface area contributed by atoms with Gasteiger partial charge in [0.2, 0.25) is 5.91 Å². The zero-order valence-electron chi connectivity index (χ0n) is 10.8. The third-order valence-corrected chi connectivity index (χ3v) is 5.00. The predicted molar refractivity (Wildman–Crippen MR) is 79.8 cm³/mol. The lowest BCUT2D eigenvalue weighted by Gasteiger charge is -2.35. The molecule has 0 radical (unpaired) electrons. The minimum absolute atomic E-state index is 0.0687. The van der Waals surface area contributed by atoms with Gasteiger partial charge in [-0.25, -0.2) is 0 Å². The Morgan fingerprint density at radius 3 is 2.47 bits per heavy atom. The van der Waals surface area contributed by atoms with Crippen LogP contribution in [0.3, 0.4) is 0 Å². The van der Waals surface area contributed by atoms with Crippen LogP contribution in [0.5, 0.6) is 0 Å². The molecule has 2 rings (SSSR count). The number of carbonyl (C=O) groups is 2. The van der Waals surface area contributed by atoms with Crippen molar-refractivity contribution in [2.45, 2.75) is 18.2 Å². The van der Waals surface area contributed by atoms with Gasteiger partial charge >= 0.3 is 0 Å². The van der Waals surface area contributed by atoms with Gasteiger partial charge < -0.3 is 9.80 Å². The number of carbonyl (C=O) groups excluding carboxylic acids is 2. The van der Waals surface area contributed by atoms with Crippen molar-refractivity contribution >= 4 is 39.1 Å². The van der Waals surface area contributed by atoms with Crippen LogP contribution in [-0.4, -0.2) is 52.6 Å². The molecule has 1 aliphatic heterocycles. The fraction of sp³-hybridized carbons (Fsp3) is 0.538. The molecule has 0 spiro atoms. The largest absolute Gasteiger partial charge is 0.338 e. The lowest BCUT2D eigenvalue weighted by atomic mass is 10.2. The Balaban J connectivity index is 1.89. The van der Waals surface area contributed by atoms with Gasteiger partial charge in [-0.15, -0.1) is 0 Å². The van der Waals surface area contributed by atoms with Gasteiger partial charge in [-0.05, 0) is 17.9 Å². The summed E-state index contributed by atoms with van der Waals surface area (Å²) in [5.74, 6) is 0.198. The minimum atomic E-state index is -0.105. The average molecular weight is 345 g/mol. The number of piperazine rings is 1.